The number of aliphatic carboxylic acids is 1. The molecule has 0 saturated heterocycles. The maximum Gasteiger partial charge on any atom is 0.490 e. The van der Waals surface area contributed by atoms with E-state index in [0.29, 0.717) is 17.0 Å². The number of methoxy groups -OCH3 is 1. The lowest BCUT2D eigenvalue weighted by molar-refractivity contribution is -0.192. The van der Waals surface area contributed by atoms with E-state index in [2.05, 4.69) is 25.9 Å². The predicted molar refractivity (Wildman–Crippen MR) is 115 cm³/mol. The van der Waals surface area contributed by atoms with Crippen molar-refractivity contribution in [3.8, 4) is 11.8 Å². The molecule has 188 valence electrons. The fraction of sp³-hybridized carbons (Fsp3) is 0.238. The highest BCUT2D eigenvalue weighted by molar-refractivity contribution is 9.10. The molecule has 14 heteroatoms. The maximum absolute atomic E-state index is 13.8. The van der Waals surface area contributed by atoms with Crippen LogP contribution in [-0.2, 0) is 17.9 Å². The molecule has 0 bridgehead atoms. The van der Waals surface area contributed by atoms with Gasteiger partial charge in [0, 0.05) is 29.6 Å². The molecule has 0 radical (unpaired) electrons. The fourth-order valence-corrected chi connectivity index (χ4v) is 3.22. The van der Waals surface area contributed by atoms with Crippen molar-refractivity contribution in [3.63, 3.8) is 0 Å². The first kappa shape index (κ1) is 27.7. The van der Waals surface area contributed by atoms with Crippen LogP contribution in [-0.4, -0.2) is 38.9 Å². The minimum absolute atomic E-state index is 0.141. The van der Waals surface area contributed by atoms with Crippen LogP contribution in [0.3, 0.4) is 0 Å². The molecular weight excluding hydrogens is 549 g/mol. The average Bonchev–Trinajstić information content (AvgIpc) is 2.78. The van der Waals surface area contributed by atoms with Gasteiger partial charge in [-0.25, -0.2) is 18.6 Å². The Morgan fingerprint density at radius 3 is 2.46 bits per heavy atom. The van der Waals surface area contributed by atoms with Gasteiger partial charge < -0.3 is 19.1 Å². The van der Waals surface area contributed by atoms with Crippen LogP contribution in [0, 0.1) is 18.6 Å². The summed E-state index contributed by atoms with van der Waals surface area (Å²) in [6.07, 6.45) is -1.92. The van der Waals surface area contributed by atoms with Gasteiger partial charge in [0.1, 0.15) is 28.5 Å². The number of ether oxygens (including phenoxy) is 2. The van der Waals surface area contributed by atoms with E-state index in [4.69, 9.17) is 19.4 Å². The van der Waals surface area contributed by atoms with E-state index >= 15 is 0 Å². The molecule has 3 rings (SSSR count). The highest BCUT2D eigenvalue weighted by Gasteiger charge is 2.38. The van der Waals surface area contributed by atoms with Crippen molar-refractivity contribution < 1.29 is 41.3 Å². The molecule has 0 unspecified atom stereocenters. The number of halogens is 6. The molecule has 0 atom stereocenters. The lowest BCUT2D eigenvalue weighted by Gasteiger charge is -2.14. The number of carbonyl (C=O) groups is 1. The van der Waals surface area contributed by atoms with Gasteiger partial charge in [-0.3, -0.25) is 4.79 Å². The largest absolute Gasteiger partial charge is 0.490 e. The van der Waals surface area contributed by atoms with Gasteiger partial charge in [-0.15, -0.1) is 0 Å². The first-order valence-corrected chi connectivity index (χ1v) is 10.2. The highest BCUT2D eigenvalue weighted by atomic mass is 79.9. The molecule has 8 nitrogen and oxygen atoms in total. The number of aromatic nitrogens is 3. The van der Waals surface area contributed by atoms with E-state index < -0.39 is 23.8 Å². The van der Waals surface area contributed by atoms with Crippen molar-refractivity contribution >= 4 is 21.9 Å². The highest BCUT2D eigenvalue weighted by Crippen LogP contribution is 2.27. The molecule has 1 aromatic carbocycles. The van der Waals surface area contributed by atoms with Gasteiger partial charge >= 0.3 is 18.2 Å². The summed E-state index contributed by atoms with van der Waals surface area (Å²) >= 11 is 3.26. The molecule has 0 aliphatic rings. The Kier molecular flexibility index (Phi) is 9.28. The summed E-state index contributed by atoms with van der Waals surface area (Å²) in [7, 11) is 1.46. The molecule has 1 N–H and O–H groups in total. The first-order chi connectivity index (χ1) is 16.3. The van der Waals surface area contributed by atoms with Crippen molar-refractivity contribution in [2.24, 2.45) is 0 Å². The molecule has 0 fully saturated rings. The first-order valence-electron chi connectivity index (χ1n) is 9.45. The second kappa shape index (κ2) is 11.7. The Morgan fingerprint density at radius 2 is 1.89 bits per heavy atom. The van der Waals surface area contributed by atoms with Gasteiger partial charge in [0.05, 0.1) is 19.3 Å². The Morgan fingerprint density at radius 1 is 1.23 bits per heavy atom. The Bertz CT molecular complexity index is 1270. The van der Waals surface area contributed by atoms with Gasteiger partial charge in [0.25, 0.3) is 5.56 Å². The lowest BCUT2D eigenvalue weighted by Crippen LogP contribution is -2.23. The van der Waals surface area contributed by atoms with Crippen molar-refractivity contribution in [1.29, 1.82) is 0 Å². The summed E-state index contributed by atoms with van der Waals surface area (Å²) in [5.74, 6) is -3.83. The normalized spacial score (nSPS) is 10.9. The number of hydrogen-bond acceptors (Lipinski definition) is 6. The van der Waals surface area contributed by atoms with Gasteiger partial charge in [0.15, 0.2) is 0 Å². The van der Waals surface area contributed by atoms with Crippen molar-refractivity contribution in [3.05, 3.63) is 79.9 Å². The Hall–Kier alpha value is -3.55. The van der Waals surface area contributed by atoms with E-state index in [1.54, 1.807) is 25.4 Å². The monoisotopic (exact) mass is 565 g/mol. The molecule has 0 spiro atoms. The van der Waals surface area contributed by atoms with Crippen LogP contribution in [0.5, 0.6) is 11.8 Å². The molecule has 3 aromatic rings. The zero-order valence-corrected chi connectivity index (χ0v) is 19.7. The minimum atomic E-state index is -5.08. The summed E-state index contributed by atoms with van der Waals surface area (Å²) in [4.78, 5) is 29.7. The van der Waals surface area contributed by atoms with Crippen LogP contribution < -0.4 is 15.0 Å². The number of rotatable bonds is 6. The summed E-state index contributed by atoms with van der Waals surface area (Å²) < 4.78 is 70.8. The second-order valence-electron chi connectivity index (χ2n) is 6.75. The zero-order valence-electron chi connectivity index (χ0n) is 18.1. The number of benzene rings is 1. The molecular formula is C21H17BrF5N3O5. The second-order valence-corrected chi connectivity index (χ2v) is 7.54. The number of aryl methyl sites for hydroxylation is 1. The molecule has 0 aliphatic heterocycles. The average molecular weight is 566 g/mol. The minimum Gasteiger partial charge on any atom is -0.487 e. The number of carboxylic acid groups (broad SMARTS) is 1. The Balaban J connectivity index is 0.000000540. The van der Waals surface area contributed by atoms with Crippen LogP contribution in [0.15, 0.2) is 45.9 Å². The van der Waals surface area contributed by atoms with E-state index in [1.807, 2.05) is 0 Å². The smallest absolute Gasteiger partial charge is 0.487 e. The maximum atomic E-state index is 13.8. The van der Waals surface area contributed by atoms with Crippen molar-refractivity contribution in [2.45, 2.75) is 26.3 Å². The molecule has 35 heavy (non-hydrogen) atoms. The molecule has 0 aliphatic carbocycles. The third kappa shape index (κ3) is 7.73. The van der Waals surface area contributed by atoms with Gasteiger partial charge in [0.2, 0.25) is 0 Å². The van der Waals surface area contributed by atoms with Crippen molar-refractivity contribution in [2.75, 3.05) is 7.11 Å². The summed E-state index contributed by atoms with van der Waals surface area (Å²) in [5.41, 5.74) is 1.11. The van der Waals surface area contributed by atoms with Gasteiger partial charge in [-0.2, -0.15) is 18.2 Å². The fourth-order valence-electron chi connectivity index (χ4n) is 2.57. The van der Waals surface area contributed by atoms with Crippen LogP contribution in [0.25, 0.3) is 0 Å². The van der Waals surface area contributed by atoms with E-state index in [-0.39, 0.29) is 34.8 Å². The third-order valence-electron chi connectivity index (χ3n) is 4.19. The quantitative estimate of drug-likeness (QED) is 0.445. The van der Waals surface area contributed by atoms with Crippen molar-refractivity contribution in [1.82, 2.24) is 14.5 Å². The van der Waals surface area contributed by atoms with E-state index in [9.17, 15) is 26.7 Å². The predicted octanol–water partition coefficient (Wildman–Crippen LogP) is 4.26. The topological polar surface area (TPSA) is 104 Å². The Labute approximate surface area is 203 Å². The SMILES string of the molecule is COc1nccc(Cn2cc(C)c(OCc3ccc(F)cc3F)c(Br)c2=O)n1.O=C(O)C(F)(F)F. The van der Waals surface area contributed by atoms with Crippen LogP contribution in [0.2, 0.25) is 0 Å². The summed E-state index contributed by atoms with van der Waals surface area (Å²) in [6, 6.07) is 5.13. The third-order valence-corrected chi connectivity index (χ3v) is 4.89. The standard InChI is InChI=1S/C19H16BrF2N3O3.C2HF3O2/c1-11-8-25(9-14-5-6-23-19(24-14)27-2)18(26)16(20)17(11)28-10-12-3-4-13(21)7-15(12)22;3-2(4,5)1(6)7/h3-8H,9-10H2,1-2H3;(H,6,7). The number of carboxylic acids is 1. The number of pyridine rings is 1. The number of nitrogens with zero attached hydrogens (tertiary/aromatic N) is 3. The molecule has 0 amide bonds. The molecule has 2 heterocycles. The lowest BCUT2D eigenvalue weighted by atomic mass is 10.2. The zero-order chi connectivity index (χ0) is 26.3. The van der Waals surface area contributed by atoms with E-state index in [0.717, 1.165) is 12.1 Å². The van der Waals surface area contributed by atoms with Crippen LogP contribution in [0.1, 0.15) is 16.8 Å². The molecule has 0 saturated carbocycles. The summed E-state index contributed by atoms with van der Waals surface area (Å²) in [5, 5.41) is 7.12. The van der Waals surface area contributed by atoms with Gasteiger partial charge in [-0.1, -0.05) is 0 Å². The van der Waals surface area contributed by atoms with Gasteiger partial charge in [-0.05, 0) is 41.1 Å². The number of hydrogen-bond donors (Lipinski definition) is 1. The number of alkyl halides is 3. The van der Waals surface area contributed by atoms with E-state index in [1.165, 1.54) is 17.7 Å². The van der Waals surface area contributed by atoms with Crippen LogP contribution in [0.4, 0.5) is 22.0 Å². The molecule has 2 aromatic heterocycles. The summed E-state index contributed by atoms with van der Waals surface area (Å²) in [6.45, 7) is 1.83. The van der Waals surface area contributed by atoms with Crippen LogP contribution >= 0.6 is 15.9 Å².